The Balaban J connectivity index is 1.39. The number of hydrogen-bond donors (Lipinski definition) is 0. The van der Waals surface area contributed by atoms with Crippen molar-refractivity contribution in [3.05, 3.63) is 66.2 Å². The predicted molar refractivity (Wildman–Crippen MR) is 104 cm³/mol. The standard InChI is InChI=1S/C21H22N6O/c1-2-19-24-21(28-25-19)18-9-6-10-26(18)13-15-11-22-20-17(12-23-27(20)14-15)16-7-4-3-5-8-16/h3-5,7-8,11-12,14,18H,2,6,9-10,13H2,1H3. The zero-order chi connectivity index (χ0) is 18.9. The molecule has 1 unspecified atom stereocenters. The molecule has 0 amide bonds. The molecular formula is C21H22N6O. The topological polar surface area (TPSA) is 72.4 Å². The number of likely N-dealkylation sites (tertiary alicyclic amines) is 1. The molecule has 4 heterocycles. The third kappa shape index (κ3) is 3.07. The lowest BCUT2D eigenvalue weighted by atomic mass is 10.1. The lowest BCUT2D eigenvalue weighted by Gasteiger charge is -2.21. The van der Waals surface area contributed by atoms with Gasteiger partial charge in [0.2, 0.25) is 5.89 Å². The van der Waals surface area contributed by atoms with E-state index in [4.69, 9.17) is 9.51 Å². The Labute approximate surface area is 163 Å². The molecule has 5 rings (SSSR count). The van der Waals surface area contributed by atoms with Crippen molar-refractivity contribution in [1.29, 1.82) is 0 Å². The summed E-state index contributed by atoms with van der Waals surface area (Å²) < 4.78 is 7.36. The highest BCUT2D eigenvalue weighted by atomic mass is 16.5. The van der Waals surface area contributed by atoms with Crippen molar-refractivity contribution in [1.82, 2.24) is 29.6 Å². The van der Waals surface area contributed by atoms with Crippen LogP contribution in [0, 0.1) is 0 Å². The SMILES string of the molecule is CCc1noc(C2CCCN2Cc2cnc3c(-c4ccccc4)cnn3c2)n1. The van der Waals surface area contributed by atoms with Gasteiger partial charge in [-0.1, -0.05) is 42.4 Å². The van der Waals surface area contributed by atoms with E-state index in [9.17, 15) is 0 Å². The first kappa shape index (κ1) is 17.1. The third-order valence-electron chi connectivity index (χ3n) is 5.33. The minimum atomic E-state index is 0.181. The number of benzene rings is 1. The summed E-state index contributed by atoms with van der Waals surface area (Å²) in [6.07, 6.45) is 8.86. The molecule has 3 aromatic heterocycles. The van der Waals surface area contributed by atoms with Gasteiger partial charge >= 0.3 is 0 Å². The molecular weight excluding hydrogens is 352 g/mol. The maximum absolute atomic E-state index is 5.49. The number of rotatable bonds is 5. The zero-order valence-electron chi connectivity index (χ0n) is 15.8. The van der Waals surface area contributed by atoms with Crippen LogP contribution in [-0.4, -0.2) is 36.2 Å². The van der Waals surface area contributed by atoms with Crippen LogP contribution in [0.5, 0.6) is 0 Å². The van der Waals surface area contributed by atoms with Crippen LogP contribution in [0.3, 0.4) is 0 Å². The van der Waals surface area contributed by atoms with Gasteiger partial charge in [-0.15, -0.1) is 0 Å². The van der Waals surface area contributed by atoms with E-state index < -0.39 is 0 Å². The molecule has 0 bridgehead atoms. The van der Waals surface area contributed by atoms with Crippen LogP contribution in [0.15, 0.2) is 53.4 Å². The van der Waals surface area contributed by atoms with Crippen molar-refractivity contribution in [3.63, 3.8) is 0 Å². The molecule has 0 spiro atoms. The summed E-state index contributed by atoms with van der Waals surface area (Å²) in [5.41, 5.74) is 4.17. The first-order chi connectivity index (χ1) is 13.8. The molecule has 7 heteroatoms. The van der Waals surface area contributed by atoms with Crippen molar-refractivity contribution in [2.45, 2.75) is 38.8 Å². The van der Waals surface area contributed by atoms with E-state index in [1.807, 2.05) is 42.0 Å². The fourth-order valence-electron chi connectivity index (χ4n) is 3.89. The Morgan fingerprint density at radius 2 is 2.07 bits per heavy atom. The van der Waals surface area contributed by atoms with E-state index in [1.165, 1.54) is 0 Å². The Hall–Kier alpha value is -3.06. The highest BCUT2D eigenvalue weighted by Gasteiger charge is 2.30. The van der Waals surface area contributed by atoms with Gasteiger partial charge in [0.1, 0.15) is 0 Å². The molecule has 1 saturated heterocycles. The van der Waals surface area contributed by atoms with Crippen LogP contribution in [0.2, 0.25) is 0 Å². The van der Waals surface area contributed by atoms with Gasteiger partial charge in [-0.3, -0.25) is 4.90 Å². The Morgan fingerprint density at radius 3 is 2.89 bits per heavy atom. The predicted octanol–water partition coefficient (Wildman–Crippen LogP) is 3.68. The Morgan fingerprint density at radius 1 is 1.18 bits per heavy atom. The molecule has 4 aromatic rings. The summed E-state index contributed by atoms with van der Waals surface area (Å²) in [6.45, 7) is 3.84. The highest BCUT2D eigenvalue weighted by Crippen LogP contribution is 2.32. The van der Waals surface area contributed by atoms with E-state index in [2.05, 4.69) is 38.5 Å². The summed E-state index contributed by atoms with van der Waals surface area (Å²) in [5, 5.41) is 8.57. The summed E-state index contributed by atoms with van der Waals surface area (Å²) in [4.78, 5) is 11.6. The first-order valence-corrected chi connectivity index (χ1v) is 9.76. The molecule has 1 aliphatic rings. The van der Waals surface area contributed by atoms with Crippen molar-refractivity contribution in [2.24, 2.45) is 0 Å². The quantitative estimate of drug-likeness (QED) is 0.531. The summed E-state index contributed by atoms with van der Waals surface area (Å²) in [6, 6.07) is 10.4. The second kappa shape index (κ2) is 7.16. The van der Waals surface area contributed by atoms with Gasteiger partial charge in [0, 0.05) is 36.5 Å². The second-order valence-corrected chi connectivity index (χ2v) is 7.19. The van der Waals surface area contributed by atoms with Crippen molar-refractivity contribution < 1.29 is 4.52 Å². The molecule has 7 nitrogen and oxygen atoms in total. The largest absolute Gasteiger partial charge is 0.338 e. The molecule has 1 aliphatic heterocycles. The molecule has 142 valence electrons. The van der Waals surface area contributed by atoms with Crippen LogP contribution in [0.4, 0.5) is 0 Å². The van der Waals surface area contributed by atoms with Crippen LogP contribution in [-0.2, 0) is 13.0 Å². The lowest BCUT2D eigenvalue weighted by Crippen LogP contribution is -2.23. The van der Waals surface area contributed by atoms with Gasteiger partial charge < -0.3 is 4.52 Å². The number of aryl methyl sites for hydroxylation is 1. The van der Waals surface area contributed by atoms with Crippen molar-refractivity contribution >= 4 is 5.65 Å². The summed E-state index contributed by atoms with van der Waals surface area (Å²) in [7, 11) is 0. The lowest BCUT2D eigenvalue weighted by molar-refractivity contribution is 0.200. The van der Waals surface area contributed by atoms with Gasteiger partial charge in [0.15, 0.2) is 11.5 Å². The zero-order valence-corrected chi connectivity index (χ0v) is 15.8. The molecule has 1 atom stereocenters. The van der Waals surface area contributed by atoms with Gasteiger partial charge in [0.05, 0.1) is 12.2 Å². The molecule has 1 fully saturated rings. The van der Waals surface area contributed by atoms with E-state index in [1.54, 1.807) is 0 Å². The third-order valence-corrected chi connectivity index (χ3v) is 5.33. The van der Waals surface area contributed by atoms with E-state index >= 15 is 0 Å². The molecule has 0 saturated carbocycles. The van der Waals surface area contributed by atoms with Gasteiger partial charge in [-0.05, 0) is 24.9 Å². The Kier molecular flexibility index (Phi) is 4.37. The number of aromatic nitrogens is 5. The van der Waals surface area contributed by atoms with E-state index in [0.717, 1.165) is 66.4 Å². The van der Waals surface area contributed by atoms with Gasteiger partial charge in [0.25, 0.3) is 0 Å². The average Bonchev–Trinajstić information content (AvgIpc) is 3.47. The fraction of sp³-hybridized carbons (Fsp3) is 0.333. The normalized spacial score (nSPS) is 17.5. The fourth-order valence-corrected chi connectivity index (χ4v) is 3.89. The number of fused-ring (bicyclic) bond motifs is 1. The maximum atomic E-state index is 5.49. The smallest absolute Gasteiger partial charge is 0.244 e. The minimum Gasteiger partial charge on any atom is -0.338 e. The molecule has 0 radical (unpaired) electrons. The van der Waals surface area contributed by atoms with E-state index in [0.29, 0.717) is 0 Å². The number of nitrogens with zero attached hydrogens (tertiary/aromatic N) is 6. The summed E-state index contributed by atoms with van der Waals surface area (Å²) in [5.74, 6) is 1.50. The van der Waals surface area contributed by atoms with Gasteiger partial charge in [-0.25, -0.2) is 9.50 Å². The van der Waals surface area contributed by atoms with Crippen LogP contribution in [0.1, 0.15) is 43.1 Å². The summed E-state index contributed by atoms with van der Waals surface area (Å²) >= 11 is 0. The maximum Gasteiger partial charge on any atom is 0.244 e. The Bertz CT molecular complexity index is 1090. The highest BCUT2D eigenvalue weighted by molar-refractivity contribution is 5.76. The minimum absolute atomic E-state index is 0.181. The van der Waals surface area contributed by atoms with Crippen molar-refractivity contribution in [2.75, 3.05) is 6.54 Å². The van der Waals surface area contributed by atoms with Crippen molar-refractivity contribution in [3.8, 4) is 11.1 Å². The molecule has 1 aromatic carbocycles. The molecule has 0 N–H and O–H groups in total. The monoisotopic (exact) mass is 374 g/mol. The first-order valence-electron chi connectivity index (χ1n) is 9.76. The van der Waals surface area contributed by atoms with Gasteiger partial charge in [-0.2, -0.15) is 10.1 Å². The average molecular weight is 374 g/mol. The molecule has 28 heavy (non-hydrogen) atoms. The number of hydrogen-bond acceptors (Lipinski definition) is 6. The second-order valence-electron chi connectivity index (χ2n) is 7.19. The van der Waals surface area contributed by atoms with Crippen LogP contribution in [0.25, 0.3) is 16.8 Å². The molecule has 0 aliphatic carbocycles. The van der Waals surface area contributed by atoms with Crippen LogP contribution < -0.4 is 0 Å². The van der Waals surface area contributed by atoms with E-state index in [-0.39, 0.29) is 6.04 Å². The van der Waals surface area contributed by atoms with Crippen LogP contribution >= 0.6 is 0 Å².